The number of nitriles is 1. The predicted octanol–water partition coefficient (Wildman–Crippen LogP) is 3.57. The Bertz CT molecular complexity index is 575. The third-order valence-electron chi connectivity index (χ3n) is 2.05. The van der Waals surface area contributed by atoms with Gasteiger partial charge in [-0.3, -0.25) is 0 Å². The smallest absolute Gasteiger partial charge is 0.192 e. The van der Waals surface area contributed by atoms with Gasteiger partial charge >= 0.3 is 0 Å². The highest BCUT2D eigenvalue weighted by Crippen LogP contribution is 2.31. The largest absolute Gasteiger partial charge is 0.231 e. The summed E-state index contributed by atoms with van der Waals surface area (Å²) in [7, 11) is 0. The summed E-state index contributed by atoms with van der Waals surface area (Å²) in [5.74, 6) is 0. The molecule has 1 heterocycles. The van der Waals surface area contributed by atoms with Crippen molar-refractivity contribution >= 4 is 27.7 Å². The zero-order valence-corrected chi connectivity index (χ0v) is 11.4. The molecule has 0 aliphatic carbocycles. The van der Waals surface area contributed by atoms with E-state index in [1.54, 1.807) is 12.4 Å². The molecule has 1 aromatic heterocycles. The van der Waals surface area contributed by atoms with Gasteiger partial charge < -0.3 is 0 Å². The van der Waals surface area contributed by atoms with Gasteiger partial charge in [-0.25, -0.2) is 9.97 Å². The van der Waals surface area contributed by atoms with Gasteiger partial charge in [0.25, 0.3) is 0 Å². The first-order chi connectivity index (χ1) is 8.20. The lowest BCUT2D eigenvalue weighted by molar-refractivity contribution is 0.949. The third-order valence-corrected chi connectivity index (χ3v) is 3.66. The van der Waals surface area contributed by atoms with Crippen LogP contribution in [0.1, 0.15) is 11.1 Å². The number of halogens is 1. The van der Waals surface area contributed by atoms with Crippen LogP contribution in [0.3, 0.4) is 0 Å². The summed E-state index contributed by atoms with van der Waals surface area (Å²) in [6.07, 6.45) is 3.53. The van der Waals surface area contributed by atoms with Crippen molar-refractivity contribution in [3.05, 3.63) is 46.2 Å². The van der Waals surface area contributed by atoms with E-state index in [2.05, 4.69) is 32.0 Å². The second-order valence-electron chi connectivity index (χ2n) is 3.37. The van der Waals surface area contributed by atoms with Gasteiger partial charge in [-0.2, -0.15) is 5.26 Å². The summed E-state index contributed by atoms with van der Waals surface area (Å²) in [6, 6.07) is 7.79. The van der Waals surface area contributed by atoms with E-state index in [0.717, 1.165) is 14.9 Å². The molecule has 0 radical (unpaired) electrons. The molecule has 3 nitrogen and oxygen atoms in total. The number of rotatable bonds is 2. The van der Waals surface area contributed by atoms with Crippen LogP contribution < -0.4 is 0 Å². The van der Waals surface area contributed by atoms with Crippen LogP contribution in [0.5, 0.6) is 0 Å². The lowest BCUT2D eigenvalue weighted by Gasteiger charge is -2.03. The highest BCUT2D eigenvalue weighted by atomic mass is 79.9. The van der Waals surface area contributed by atoms with Crippen LogP contribution in [0.15, 0.2) is 45.1 Å². The second-order valence-corrected chi connectivity index (χ2v) is 5.23. The van der Waals surface area contributed by atoms with E-state index < -0.39 is 0 Å². The predicted molar refractivity (Wildman–Crippen MR) is 69.7 cm³/mol. The van der Waals surface area contributed by atoms with Gasteiger partial charge in [0.2, 0.25) is 0 Å². The van der Waals surface area contributed by atoms with E-state index in [1.165, 1.54) is 11.8 Å². The first-order valence-electron chi connectivity index (χ1n) is 4.86. The maximum Gasteiger partial charge on any atom is 0.192 e. The number of benzene rings is 1. The molecule has 2 rings (SSSR count). The van der Waals surface area contributed by atoms with Gasteiger partial charge in [-0.05, 0) is 52.3 Å². The SMILES string of the molecule is Cc1cnc(Sc2cccc(Br)c2C#N)nc1. The summed E-state index contributed by atoms with van der Waals surface area (Å²) in [4.78, 5) is 9.26. The Balaban J connectivity index is 2.34. The van der Waals surface area contributed by atoms with Crippen LogP contribution in [-0.4, -0.2) is 9.97 Å². The van der Waals surface area contributed by atoms with Crippen molar-refractivity contribution in [3.63, 3.8) is 0 Å². The highest BCUT2D eigenvalue weighted by Gasteiger charge is 2.08. The molecule has 0 aliphatic heterocycles. The van der Waals surface area contributed by atoms with Crippen molar-refractivity contribution in [1.82, 2.24) is 9.97 Å². The average molecular weight is 306 g/mol. The van der Waals surface area contributed by atoms with Crippen molar-refractivity contribution in [2.45, 2.75) is 17.0 Å². The zero-order valence-electron chi connectivity index (χ0n) is 9.01. The number of nitrogens with zero attached hydrogens (tertiary/aromatic N) is 3. The lowest BCUT2D eigenvalue weighted by Crippen LogP contribution is -1.88. The molecule has 0 atom stereocenters. The first kappa shape index (κ1) is 12.1. The Hall–Kier alpha value is -1.38. The number of aryl methyl sites for hydroxylation is 1. The van der Waals surface area contributed by atoms with Crippen LogP contribution in [0.25, 0.3) is 0 Å². The van der Waals surface area contributed by atoms with Crippen LogP contribution >= 0.6 is 27.7 Å². The van der Waals surface area contributed by atoms with E-state index in [1.807, 2.05) is 25.1 Å². The van der Waals surface area contributed by atoms with Crippen molar-refractivity contribution in [1.29, 1.82) is 5.26 Å². The Labute approximate surface area is 112 Å². The molecule has 84 valence electrons. The number of hydrogen-bond donors (Lipinski definition) is 0. The molecule has 0 N–H and O–H groups in total. The highest BCUT2D eigenvalue weighted by molar-refractivity contribution is 9.10. The monoisotopic (exact) mass is 305 g/mol. The fourth-order valence-electron chi connectivity index (χ4n) is 1.23. The zero-order chi connectivity index (χ0) is 12.3. The van der Waals surface area contributed by atoms with Crippen LogP contribution in [-0.2, 0) is 0 Å². The van der Waals surface area contributed by atoms with Gasteiger partial charge in [0.15, 0.2) is 5.16 Å². The molecule has 0 spiro atoms. The molecule has 0 saturated heterocycles. The fourth-order valence-corrected chi connectivity index (χ4v) is 2.63. The molecule has 0 amide bonds. The van der Waals surface area contributed by atoms with E-state index in [9.17, 15) is 0 Å². The first-order valence-corrected chi connectivity index (χ1v) is 6.47. The Morgan fingerprint density at radius 2 is 2.00 bits per heavy atom. The van der Waals surface area contributed by atoms with E-state index in [4.69, 9.17) is 5.26 Å². The maximum absolute atomic E-state index is 9.09. The minimum absolute atomic E-state index is 0.613. The molecule has 0 aliphatic rings. The van der Waals surface area contributed by atoms with Gasteiger partial charge in [0.1, 0.15) is 6.07 Å². The summed E-state index contributed by atoms with van der Waals surface area (Å²) < 4.78 is 0.789. The van der Waals surface area contributed by atoms with Crippen LogP contribution in [0.4, 0.5) is 0 Å². The van der Waals surface area contributed by atoms with Crippen molar-refractivity contribution in [3.8, 4) is 6.07 Å². The molecule has 1 aromatic carbocycles. The number of hydrogen-bond acceptors (Lipinski definition) is 4. The molecule has 5 heteroatoms. The fraction of sp³-hybridized carbons (Fsp3) is 0.0833. The Morgan fingerprint density at radius 3 is 2.65 bits per heavy atom. The Morgan fingerprint density at radius 1 is 1.29 bits per heavy atom. The van der Waals surface area contributed by atoms with Crippen molar-refractivity contribution < 1.29 is 0 Å². The number of aromatic nitrogens is 2. The molecular weight excluding hydrogens is 298 g/mol. The summed E-state index contributed by atoms with van der Waals surface area (Å²) >= 11 is 4.74. The minimum Gasteiger partial charge on any atom is -0.231 e. The van der Waals surface area contributed by atoms with Crippen LogP contribution in [0, 0.1) is 18.3 Å². The van der Waals surface area contributed by atoms with E-state index in [-0.39, 0.29) is 0 Å². The summed E-state index contributed by atoms with van der Waals surface area (Å²) in [5.41, 5.74) is 1.63. The quantitative estimate of drug-likeness (QED) is 0.796. The summed E-state index contributed by atoms with van der Waals surface area (Å²) in [5, 5.41) is 9.73. The lowest BCUT2D eigenvalue weighted by atomic mass is 10.2. The van der Waals surface area contributed by atoms with Gasteiger partial charge in [-0.15, -0.1) is 0 Å². The topological polar surface area (TPSA) is 49.6 Å². The maximum atomic E-state index is 9.09. The molecule has 2 aromatic rings. The van der Waals surface area contributed by atoms with Crippen molar-refractivity contribution in [2.75, 3.05) is 0 Å². The molecule has 0 unspecified atom stereocenters. The van der Waals surface area contributed by atoms with Crippen molar-refractivity contribution in [2.24, 2.45) is 0 Å². The molecule has 0 saturated carbocycles. The minimum atomic E-state index is 0.613. The molecule has 0 bridgehead atoms. The summed E-state index contributed by atoms with van der Waals surface area (Å²) in [6.45, 7) is 1.94. The molecule has 0 fully saturated rings. The normalized spacial score (nSPS) is 9.94. The van der Waals surface area contributed by atoms with Crippen LogP contribution in [0.2, 0.25) is 0 Å². The van der Waals surface area contributed by atoms with E-state index >= 15 is 0 Å². The second kappa shape index (κ2) is 5.30. The van der Waals surface area contributed by atoms with Gasteiger partial charge in [-0.1, -0.05) is 6.07 Å². The van der Waals surface area contributed by atoms with Gasteiger partial charge in [0.05, 0.1) is 5.56 Å². The standard InChI is InChI=1S/C12H8BrN3S/c1-8-6-15-12(16-7-8)17-11-4-2-3-10(13)9(11)5-14/h2-4,6-7H,1H3. The van der Waals surface area contributed by atoms with E-state index in [0.29, 0.717) is 10.7 Å². The third kappa shape index (κ3) is 2.84. The Kier molecular flexibility index (Phi) is 3.77. The average Bonchev–Trinajstić information content (AvgIpc) is 2.32. The van der Waals surface area contributed by atoms with Gasteiger partial charge in [0, 0.05) is 21.8 Å². The molecule has 17 heavy (non-hydrogen) atoms. The molecular formula is C12H8BrN3S.